The van der Waals surface area contributed by atoms with Crippen LogP contribution in [-0.4, -0.2) is 60.5 Å². The summed E-state index contributed by atoms with van der Waals surface area (Å²) in [6.07, 6.45) is 61.2. The lowest BCUT2D eigenvalue weighted by Crippen LogP contribution is -2.34. The number of aliphatic carboxylic acids is 1. The number of phosphoric ester groups is 1. The molecule has 0 heterocycles. The van der Waals surface area contributed by atoms with Gasteiger partial charge in [-0.25, -0.2) is 4.57 Å². The number of carboxylic acid groups (broad SMARTS) is 1. The Morgan fingerprint density at radius 3 is 1.34 bits per heavy atom. The lowest BCUT2D eigenvalue weighted by Gasteiger charge is -2.20. The minimum absolute atomic E-state index is 0.0246. The van der Waals surface area contributed by atoms with Gasteiger partial charge in [0.1, 0.15) is 12.1 Å². The molecule has 10 nitrogen and oxygen atoms in total. The van der Waals surface area contributed by atoms with Crippen molar-refractivity contribution in [2.75, 3.05) is 26.4 Å². The van der Waals surface area contributed by atoms with Gasteiger partial charge >= 0.3 is 19.8 Å². The normalized spacial score (nSPS) is 15.0. The fraction of sp³-hybridized carbons (Fsp3) is 0.560. The van der Waals surface area contributed by atoms with Crippen molar-refractivity contribution < 1.29 is 42.7 Å². The summed E-state index contributed by atoms with van der Waals surface area (Å²) in [7, 11) is -4.65. The molecule has 344 valence electrons. The van der Waals surface area contributed by atoms with Crippen LogP contribution in [0.25, 0.3) is 0 Å². The number of ether oxygens (including phenoxy) is 2. The highest BCUT2D eigenvalue weighted by atomic mass is 31.2. The molecule has 0 aliphatic heterocycles. The van der Waals surface area contributed by atoms with Gasteiger partial charge in [0.15, 0.2) is 0 Å². The topological polar surface area (TPSA) is 155 Å². The predicted octanol–water partition coefficient (Wildman–Crippen LogP) is 12.9. The van der Waals surface area contributed by atoms with Crippen molar-refractivity contribution in [1.29, 1.82) is 0 Å². The Bertz CT molecular complexity index is 1420. The van der Waals surface area contributed by atoms with Crippen LogP contribution in [0.3, 0.4) is 0 Å². The number of rotatable bonds is 41. The standard InChI is InChI=1S/C50H80NO9P/c1-3-5-7-9-11-13-15-17-19-21-22-23-24-25-26-27-28-30-32-34-36-38-40-42-49(52)60-47(45-58-61(55,56)59-46-48(51)50(53)54)44-57-43-41-39-37-35-33-31-29-20-18-16-14-12-10-8-6-4-2/h5-8,11-14,17-20,22-23,25-26,28,30,34,36,47-48H,3-4,9-10,15-16,21,24,27,29,31-33,35,37-46,51H2,1-2H3,(H,53,54)(H,55,56)/b7-5-,8-6-,13-11-,14-12-,19-17-,20-18-,23-22-,26-25-,30-28-,36-34-. The number of carbonyl (C=O) groups is 2. The molecular weight excluding hydrogens is 790 g/mol. The maximum atomic E-state index is 12.6. The molecule has 0 aromatic rings. The molecule has 0 saturated heterocycles. The van der Waals surface area contributed by atoms with Crippen molar-refractivity contribution in [2.24, 2.45) is 5.73 Å². The van der Waals surface area contributed by atoms with Gasteiger partial charge in [0, 0.05) is 13.0 Å². The van der Waals surface area contributed by atoms with Crippen LogP contribution in [0.1, 0.15) is 142 Å². The third-order valence-corrected chi connectivity index (χ3v) is 9.69. The van der Waals surface area contributed by atoms with Crippen LogP contribution in [0, 0.1) is 0 Å². The van der Waals surface area contributed by atoms with E-state index in [0.29, 0.717) is 19.4 Å². The number of nitrogens with two attached hydrogens (primary N) is 1. The minimum atomic E-state index is -4.65. The highest BCUT2D eigenvalue weighted by Gasteiger charge is 2.27. The van der Waals surface area contributed by atoms with E-state index in [9.17, 15) is 19.0 Å². The van der Waals surface area contributed by atoms with Crippen molar-refractivity contribution in [3.63, 3.8) is 0 Å². The van der Waals surface area contributed by atoms with E-state index in [2.05, 4.69) is 129 Å². The van der Waals surface area contributed by atoms with Crippen LogP contribution in [-0.2, 0) is 32.7 Å². The second-order valence-electron chi connectivity index (χ2n) is 14.4. The van der Waals surface area contributed by atoms with E-state index in [4.69, 9.17) is 29.4 Å². The van der Waals surface area contributed by atoms with Gasteiger partial charge in [0.2, 0.25) is 0 Å². The van der Waals surface area contributed by atoms with Gasteiger partial charge in [0.25, 0.3) is 0 Å². The molecule has 61 heavy (non-hydrogen) atoms. The summed E-state index contributed by atoms with van der Waals surface area (Å²) < 4.78 is 33.3. The zero-order valence-electron chi connectivity index (χ0n) is 37.4. The largest absolute Gasteiger partial charge is 0.480 e. The van der Waals surface area contributed by atoms with E-state index in [1.807, 2.05) is 6.08 Å². The molecule has 0 fully saturated rings. The van der Waals surface area contributed by atoms with Crippen LogP contribution >= 0.6 is 7.82 Å². The molecule has 0 aromatic carbocycles. The van der Waals surface area contributed by atoms with Crippen molar-refractivity contribution in [2.45, 2.75) is 154 Å². The number of hydrogen-bond acceptors (Lipinski definition) is 8. The summed E-state index contributed by atoms with van der Waals surface area (Å²) in [6, 6.07) is -1.49. The third kappa shape index (κ3) is 44.2. The zero-order chi connectivity index (χ0) is 44.8. The molecule has 0 amide bonds. The Kier molecular flexibility index (Phi) is 41.8. The molecule has 0 aliphatic carbocycles. The average molecular weight is 870 g/mol. The van der Waals surface area contributed by atoms with Gasteiger partial charge in [-0.05, 0) is 96.3 Å². The fourth-order valence-corrected chi connectivity index (χ4v) is 6.09. The Morgan fingerprint density at radius 2 is 0.902 bits per heavy atom. The number of carboxylic acids is 1. The SMILES string of the molecule is CC/C=C\C/C=C\C/C=C\C/C=C\C/C=C\C/C=C\C/C=C\CCCC(=O)OC(COCCCCCCCC/C=C\C/C=C\C/C=C\CC)COP(=O)(O)OCC(N)C(=O)O. The molecule has 0 aromatic heterocycles. The smallest absolute Gasteiger partial charge is 0.472 e. The maximum Gasteiger partial charge on any atom is 0.472 e. The molecule has 0 spiro atoms. The monoisotopic (exact) mass is 870 g/mol. The average Bonchev–Trinajstić information content (AvgIpc) is 3.24. The minimum Gasteiger partial charge on any atom is -0.480 e. The highest BCUT2D eigenvalue weighted by molar-refractivity contribution is 7.47. The first-order valence-electron chi connectivity index (χ1n) is 22.6. The van der Waals surface area contributed by atoms with Crippen molar-refractivity contribution in [3.05, 3.63) is 122 Å². The third-order valence-electron chi connectivity index (χ3n) is 8.74. The molecular formula is C50H80NO9P. The fourth-order valence-electron chi connectivity index (χ4n) is 5.31. The predicted molar refractivity (Wildman–Crippen MR) is 253 cm³/mol. The van der Waals surface area contributed by atoms with Gasteiger partial charge in [-0.1, -0.05) is 161 Å². The van der Waals surface area contributed by atoms with Crippen molar-refractivity contribution in [1.82, 2.24) is 0 Å². The quantitative estimate of drug-likeness (QED) is 0.0234. The number of esters is 1. The molecule has 0 rings (SSSR count). The van der Waals surface area contributed by atoms with E-state index in [1.165, 1.54) is 12.8 Å². The molecule has 3 unspecified atom stereocenters. The molecule has 11 heteroatoms. The van der Waals surface area contributed by atoms with Crippen LogP contribution in [0.5, 0.6) is 0 Å². The van der Waals surface area contributed by atoms with E-state index in [0.717, 1.165) is 96.3 Å². The number of allylic oxidation sites excluding steroid dienone is 20. The molecule has 0 saturated carbocycles. The summed E-state index contributed by atoms with van der Waals surface area (Å²) in [5, 5.41) is 8.90. The maximum absolute atomic E-state index is 12.6. The zero-order valence-corrected chi connectivity index (χ0v) is 38.3. The number of hydrogen-bond donors (Lipinski definition) is 3. The Labute approximate surface area is 369 Å². The molecule has 0 bridgehead atoms. The van der Waals surface area contributed by atoms with E-state index in [1.54, 1.807) is 0 Å². The van der Waals surface area contributed by atoms with Crippen LogP contribution in [0.15, 0.2) is 122 Å². The van der Waals surface area contributed by atoms with Gasteiger partial charge in [0.05, 0.1) is 19.8 Å². The second-order valence-corrected chi connectivity index (χ2v) is 15.9. The van der Waals surface area contributed by atoms with Crippen LogP contribution in [0.4, 0.5) is 0 Å². The molecule has 0 aliphatic rings. The Balaban J connectivity index is 4.39. The molecule has 3 atom stereocenters. The van der Waals surface area contributed by atoms with Gasteiger partial charge in [-0.3, -0.25) is 18.6 Å². The Hall–Kier alpha value is -3.63. The van der Waals surface area contributed by atoms with Crippen LogP contribution in [0.2, 0.25) is 0 Å². The van der Waals surface area contributed by atoms with E-state index >= 15 is 0 Å². The summed E-state index contributed by atoms with van der Waals surface area (Å²) in [5.41, 5.74) is 5.35. The van der Waals surface area contributed by atoms with Crippen molar-refractivity contribution in [3.8, 4) is 0 Å². The highest BCUT2D eigenvalue weighted by Crippen LogP contribution is 2.43. The summed E-state index contributed by atoms with van der Waals surface area (Å²) in [4.78, 5) is 33.6. The summed E-state index contributed by atoms with van der Waals surface area (Å²) in [5.74, 6) is -1.86. The van der Waals surface area contributed by atoms with Crippen molar-refractivity contribution >= 4 is 19.8 Å². The first kappa shape index (κ1) is 57.4. The van der Waals surface area contributed by atoms with Crippen LogP contribution < -0.4 is 5.73 Å². The summed E-state index contributed by atoms with van der Waals surface area (Å²) in [6.45, 7) is 3.52. The molecule has 0 radical (unpaired) electrons. The first-order valence-corrected chi connectivity index (χ1v) is 24.1. The first-order chi connectivity index (χ1) is 29.7. The van der Waals surface area contributed by atoms with E-state index in [-0.39, 0.29) is 13.0 Å². The van der Waals surface area contributed by atoms with Gasteiger partial charge in [-0.15, -0.1) is 0 Å². The lowest BCUT2D eigenvalue weighted by atomic mass is 10.1. The number of unbranched alkanes of at least 4 members (excludes halogenated alkanes) is 7. The van der Waals surface area contributed by atoms with Gasteiger partial charge < -0.3 is 25.2 Å². The second kappa shape index (κ2) is 44.4. The Morgan fingerprint density at radius 1 is 0.525 bits per heavy atom. The number of carbonyl (C=O) groups excluding carboxylic acids is 1. The van der Waals surface area contributed by atoms with Gasteiger partial charge in [-0.2, -0.15) is 0 Å². The van der Waals surface area contributed by atoms with E-state index < -0.39 is 45.1 Å². The lowest BCUT2D eigenvalue weighted by molar-refractivity contribution is -0.154. The molecule has 4 N–H and O–H groups in total. The number of phosphoric acid groups is 1. The summed E-state index contributed by atoms with van der Waals surface area (Å²) >= 11 is 0.